The van der Waals surface area contributed by atoms with Crippen LogP contribution >= 0.6 is 27.5 Å². The Bertz CT molecular complexity index is 670. The number of carbonyl (C=O) groups excluding carboxylic acids is 1. The molecule has 6 nitrogen and oxygen atoms in total. The first-order valence-electron chi connectivity index (χ1n) is 6.46. The van der Waals surface area contributed by atoms with E-state index < -0.39 is 0 Å². The maximum Gasteiger partial charge on any atom is 0.322 e. The minimum absolute atomic E-state index is 0.0689. The van der Waals surface area contributed by atoms with E-state index in [1.807, 2.05) is 0 Å². The van der Waals surface area contributed by atoms with Crippen LogP contribution in [0.4, 0.5) is 6.01 Å². The summed E-state index contributed by atoms with van der Waals surface area (Å²) in [4.78, 5) is 12.1. The average Bonchev–Trinajstić information content (AvgIpc) is 3.08. The second-order valence-corrected chi connectivity index (χ2v) is 6.00. The molecule has 0 spiro atoms. The number of nitrogens with one attached hydrogen (secondary N) is 2. The summed E-state index contributed by atoms with van der Waals surface area (Å²) in [5, 5.41) is 13.9. The van der Waals surface area contributed by atoms with E-state index in [9.17, 15) is 4.79 Å². The number of benzene rings is 1. The zero-order chi connectivity index (χ0) is 14.8. The summed E-state index contributed by atoms with van der Waals surface area (Å²) in [6.07, 6.45) is 2.03. The SMILES string of the molecule is O=C(Nc1nnc(C2CCCN2)o1)c1ccc(Br)cc1Cl. The molecule has 2 N–H and O–H groups in total. The summed E-state index contributed by atoms with van der Waals surface area (Å²) < 4.78 is 6.26. The molecule has 3 rings (SSSR count). The predicted octanol–water partition coefficient (Wildman–Crippen LogP) is 3.16. The summed E-state index contributed by atoms with van der Waals surface area (Å²) in [5.41, 5.74) is 0.346. The molecule has 0 bridgehead atoms. The zero-order valence-corrected chi connectivity index (χ0v) is 13.2. The molecule has 1 aliphatic rings. The van der Waals surface area contributed by atoms with Gasteiger partial charge in [-0.1, -0.05) is 32.6 Å². The monoisotopic (exact) mass is 370 g/mol. The molecule has 1 saturated heterocycles. The van der Waals surface area contributed by atoms with Gasteiger partial charge in [-0.2, -0.15) is 0 Å². The highest BCUT2D eigenvalue weighted by molar-refractivity contribution is 9.10. The highest BCUT2D eigenvalue weighted by Crippen LogP contribution is 2.24. The Hall–Kier alpha value is -1.44. The van der Waals surface area contributed by atoms with Crippen molar-refractivity contribution in [1.82, 2.24) is 15.5 Å². The number of halogens is 2. The Balaban J connectivity index is 1.72. The lowest BCUT2D eigenvalue weighted by Crippen LogP contribution is -2.13. The smallest absolute Gasteiger partial charge is 0.322 e. The van der Waals surface area contributed by atoms with Crippen molar-refractivity contribution in [2.45, 2.75) is 18.9 Å². The second-order valence-electron chi connectivity index (χ2n) is 4.67. The van der Waals surface area contributed by atoms with Crippen LogP contribution in [0.3, 0.4) is 0 Å². The Labute approximate surface area is 134 Å². The third kappa shape index (κ3) is 3.25. The van der Waals surface area contributed by atoms with Crippen LogP contribution in [-0.4, -0.2) is 22.6 Å². The van der Waals surface area contributed by atoms with Gasteiger partial charge in [0.2, 0.25) is 5.89 Å². The van der Waals surface area contributed by atoms with Crippen LogP contribution in [0.5, 0.6) is 0 Å². The molecule has 0 radical (unpaired) electrons. The first-order chi connectivity index (χ1) is 10.1. The van der Waals surface area contributed by atoms with Gasteiger partial charge in [0, 0.05) is 4.47 Å². The van der Waals surface area contributed by atoms with Crippen LogP contribution in [0.2, 0.25) is 5.02 Å². The van der Waals surface area contributed by atoms with E-state index in [-0.39, 0.29) is 18.0 Å². The van der Waals surface area contributed by atoms with Crippen molar-refractivity contribution in [3.8, 4) is 0 Å². The Kier molecular flexibility index (Phi) is 4.23. The van der Waals surface area contributed by atoms with Crippen LogP contribution < -0.4 is 10.6 Å². The molecule has 1 amide bonds. The van der Waals surface area contributed by atoms with E-state index >= 15 is 0 Å². The highest BCUT2D eigenvalue weighted by Gasteiger charge is 2.23. The van der Waals surface area contributed by atoms with Gasteiger partial charge in [-0.25, -0.2) is 0 Å². The summed E-state index contributed by atoms with van der Waals surface area (Å²) in [7, 11) is 0. The van der Waals surface area contributed by atoms with Gasteiger partial charge in [0.25, 0.3) is 5.91 Å². The topological polar surface area (TPSA) is 80.0 Å². The highest BCUT2D eigenvalue weighted by atomic mass is 79.9. The van der Waals surface area contributed by atoms with Crippen molar-refractivity contribution in [3.05, 3.63) is 39.1 Å². The number of rotatable bonds is 3. The lowest BCUT2D eigenvalue weighted by atomic mass is 10.2. The third-order valence-corrected chi connectivity index (χ3v) is 4.00. The quantitative estimate of drug-likeness (QED) is 0.866. The lowest BCUT2D eigenvalue weighted by molar-refractivity contribution is 0.102. The van der Waals surface area contributed by atoms with Crippen LogP contribution in [0.1, 0.15) is 35.1 Å². The van der Waals surface area contributed by atoms with Gasteiger partial charge in [-0.05, 0) is 37.6 Å². The van der Waals surface area contributed by atoms with E-state index in [2.05, 4.69) is 36.8 Å². The van der Waals surface area contributed by atoms with E-state index in [4.69, 9.17) is 16.0 Å². The summed E-state index contributed by atoms with van der Waals surface area (Å²) in [5.74, 6) is 0.104. The number of amides is 1. The number of anilines is 1. The van der Waals surface area contributed by atoms with Gasteiger partial charge in [-0.3, -0.25) is 10.1 Å². The van der Waals surface area contributed by atoms with Gasteiger partial charge < -0.3 is 9.73 Å². The van der Waals surface area contributed by atoms with Crippen molar-refractivity contribution in [1.29, 1.82) is 0 Å². The molecule has 0 saturated carbocycles. The Morgan fingerprint density at radius 3 is 3.05 bits per heavy atom. The lowest BCUT2D eigenvalue weighted by Gasteiger charge is -2.04. The fourth-order valence-corrected chi connectivity index (χ4v) is 2.92. The number of hydrogen-bond donors (Lipinski definition) is 2. The van der Waals surface area contributed by atoms with Crippen molar-refractivity contribution in [3.63, 3.8) is 0 Å². The number of aromatic nitrogens is 2. The number of carbonyl (C=O) groups is 1. The molecule has 1 aliphatic heterocycles. The van der Waals surface area contributed by atoms with E-state index in [1.165, 1.54) is 0 Å². The standard InChI is InChI=1S/C13H12BrClN4O2/c14-7-3-4-8(9(15)6-7)11(20)17-13-19-18-12(21-13)10-2-1-5-16-10/h3-4,6,10,16H,1-2,5H2,(H,17,19,20). The molecular weight excluding hydrogens is 360 g/mol. The van der Waals surface area contributed by atoms with Crippen LogP contribution in [0, 0.1) is 0 Å². The fourth-order valence-electron chi connectivity index (χ4n) is 2.16. The predicted molar refractivity (Wildman–Crippen MR) is 81.4 cm³/mol. The average molecular weight is 372 g/mol. The molecule has 1 unspecified atom stereocenters. The van der Waals surface area contributed by atoms with Crippen molar-refractivity contribution < 1.29 is 9.21 Å². The van der Waals surface area contributed by atoms with E-state index in [0.717, 1.165) is 23.9 Å². The Morgan fingerprint density at radius 1 is 1.48 bits per heavy atom. The summed E-state index contributed by atoms with van der Waals surface area (Å²) in [6, 6.07) is 5.15. The normalized spacial score (nSPS) is 17.9. The van der Waals surface area contributed by atoms with Crippen molar-refractivity contribution in [2.24, 2.45) is 0 Å². The van der Waals surface area contributed by atoms with E-state index in [1.54, 1.807) is 18.2 Å². The molecule has 1 aromatic carbocycles. The van der Waals surface area contributed by atoms with Crippen LogP contribution in [0.15, 0.2) is 27.1 Å². The van der Waals surface area contributed by atoms with Crippen molar-refractivity contribution in [2.75, 3.05) is 11.9 Å². The van der Waals surface area contributed by atoms with Gasteiger partial charge in [0.15, 0.2) is 0 Å². The molecule has 8 heteroatoms. The van der Waals surface area contributed by atoms with Gasteiger partial charge >= 0.3 is 6.01 Å². The maximum atomic E-state index is 12.1. The number of hydrogen-bond acceptors (Lipinski definition) is 5. The minimum atomic E-state index is -0.387. The third-order valence-electron chi connectivity index (χ3n) is 3.20. The maximum absolute atomic E-state index is 12.1. The molecule has 21 heavy (non-hydrogen) atoms. The largest absolute Gasteiger partial charge is 0.406 e. The molecule has 110 valence electrons. The molecule has 2 aromatic rings. The molecule has 2 heterocycles. The van der Waals surface area contributed by atoms with Crippen LogP contribution in [-0.2, 0) is 0 Å². The zero-order valence-electron chi connectivity index (χ0n) is 10.9. The van der Waals surface area contributed by atoms with Gasteiger partial charge in [0.1, 0.15) is 0 Å². The second kappa shape index (κ2) is 6.13. The first kappa shape index (κ1) is 14.5. The molecule has 1 aromatic heterocycles. The van der Waals surface area contributed by atoms with Gasteiger partial charge in [0.05, 0.1) is 16.6 Å². The Morgan fingerprint density at radius 2 is 2.33 bits per heavy atom. The first-order valence-corrected chi connectivity index (χ1v) is 7.64. The number of nitrogens with zero attached hydrogens (tertiary/aromatic N) is 2. The fraction of sp³-hybridized carbons (Fsp3) is 0.308. The molecular formula is C13H12BrClN4O2. The van der Waals surface area contributed by atoms with Gasteiger partial charge in [-0.15, -0.1) is 5.10 Å². The van der Waals surface area contributed by atoms with E-state index in [0.29, 0.717) is 16.5 Å². The molecule has 1 atom stereocenters. The van der Waals surface area contributed by atoms with Crippen LogP contribution in [0.25, 0.3) is 0 Å². The van der Waals surface area contributed by atoms with Crippen molar-refractivity contribution >= 4 is 39.5 Å². The summed E-state index contributed by atoms with van der Waals surface area (Å²) >= 11 is 9.32. The minimum Gasteiger partial charge on any atom is -0.406 e. The molecule has 1 fully saturated rings. The molecule has 0 aliphatic carbocycles. The summed E-state index contributed by atoms with van der Waals surface area (Å²) in [6.45, 7) is 0.934.